The molecule has 6 rings (SSSR count). The van der Waals surface area contributed by atoms with Crippen molar-refractivity contribution >= 4 is 52.4 Å². The number of nitrogens with zero attached hydrogens (tertiary/aromatic N) is 2. The SMILES string of the molecule is CC(C)(C)CN1[C@H]2CCN(c3ccc(C(=O)O)cc3)C(=O)[C@H]2[C@H](c2cccc(Cl)c2F)[C@]12C(=O)Nc1cc(Cl)ccc12. The number of nitrogens with one attached hydrogen (secondary N) is 1. The molecule has 3 aliphatic rings. The average molecular weight is 611 g/mol. The van der Waals surface area contributed by atoms with Crippen LogP contribution in [-0.2, 0) is 15.1 Å². The number of hydrogen-bond acceptors (Lipinski definition) is 4. The molecule has 3 aliphatic heterocycles. The number of anilines is 2. The molecule has 3 heterocycles. The predicted molar refractivity (Wildman–Crippen MR) is 160 cm³/mol. The van der Waals surface area contributed by atoms with Crippen molar-refractivity contribution < 1.29 is 23.9 Å². The third-order valence-electron chi connectivity index (χ3n) is 8.65. The lowest BCUT2D eigenvalue weighted by atomic mass is 9.70. The maximum atomic E-state index is 16.1. The fourth-order valence-electron chi connectivity index (χ4n) is 7.17. The molecule has 2 saturated heterocycles. The van der Waals surface area contributed by atoms with E-state index in [1.807, 2.05) is 0 Å². The highest BCUT2D eigenvalue weighted by Crippen LogP contribution is 2.62. The Bertz CT molecular complexity index is 1620. The third-order valence-corrected chi connectivity index (χ3v) is 9.18. The molecule has 42 heavy (non-hydrogen) atoms. The summed E-state index contributed by atoms with van der Waals surface area (Å²) in [6.07, 6.45) is 0.518. The number of amides is 2. The van der Waals surface area contributed by atoms with Crippen LogP contribution in [-0.4, -0.2) is 46.9 Å². The Morgan fingerprint density at radius 2 is 1.81 bits per heavy atom. The van der Waals surface area contributed by atoms with Gasteiger partial charge in [0.05, 0.1) is 16.5 Å². The normalized spacial score (nSPS) is 25.5. The molecule has 10 heteroatoms. The number of halogens is 3. The van der Waals surface area contributed by atoms with Crippen LogP contribution in [0.1, 0.15) is 54.6 Å². The van der Waals surface area contributed by atoms with Gasteiger partial charge in [0.25, 0.3) is 0 Å². The zero-order valence-electron chi connectivity index (χ0n) is 23.3. The summed E-state index contributed by atoms with van der Waals surface area (Å²) in [5.74, 6) is -4.05. The molecule has 0 radical (unpaired) electrons. The van der Waals surface area contributed by atoms with Crippen LogP contribution in [0.3, 0.4) is 0 Å². The second-order valence-electron chi connectivity index (χ2n) is 12.4. The maximum Gasteiger partial charge on any atom is 0.335 e. The summed E-state index contributed by atoms with van der Waals surface area (Å²) in [6.45, 7) is 7.02. The van der Waals surface area contributed by atoms with E-state index in [4.69, 9.17) is 23.2 Å². The summed E-state index contributed by atoms with van der Waals surface area (Å²) in [6, 6.07) is 15.6. The van der Waals surface area contributed by atoms with Crippen molar-refractivity contribution in [2.75, 3.05) is 23.3 Å². The quantitative estimate of drug-likeness (QED) is 0.350. The van der Waals surface area contributed by atoms with Crippen LogP contribution < -0.4 is 10.2 Å². The van der Waals surface area contributed by atoms with Crippen molar-refractivity contribution in [3.63, 3.8) is 0 Å². The highest BCUT2D eigenvalue weighted by molar-refractivity contribution is 6.31. The van der Waals surface area contributed by atoms with E-state index in [1.165, 1.54) is 18.2 Å². The van der Waals surface area contributed by atoms with E-state index in [2.05, 4.69) is 31.0 Å². The number of likely N-dealkylation sites (tertiary alicyclic amines) is 1. The number of carbonyl (C=O) groups excluding carboxylic acids is 2. The fraction of sp³-hybridized carbons (Fsp3) is 0.344. The summed E-state index contributed by atoms with van der Waals surface area (Å²) in [5, 5.41) is 12.7. The van der Waals surface area contributed by atoms with Gasteiger partial charge < -0.3 is 15.3 Å². The van der Waals surface area contributed by atoms with Crippen molar-refractivity contribution in [2.24, 2.45) is 11.3 Å². The fourth-order valence-corrected chi connectivity index (χ4v) is 7.52. The van der Waals surface area contributed by atoms with Crippen LogP contribution in [0, 0.1) is 17.2 Å². The van der Waals surface area contributed by atoms with Gasteiger partial charge in [0.15, 0.2) is 0 Å². The first-order valence-electron chi connectivity index (χ1n) is 13.8. The van der Waals surface area contributed by atoms with Crippen molar-refractivity contribution in [2.45, 2.75) is 44.7 Å². The number of hydrogen-bond donors (Lipinski definition) is 2. The van der Waals surface area contributed by atoms with Crippen molar-refractivity contribution in [3.05, 3.63) is 93.2 Å². The van der Waals surface area contributed by atoms with Crippen LogP contribution in [0.5, 0.6) is 0 Å². The van der Waals surface area contributed by atoms with Gasteiger partial charge in [0, 0.05) is 47.0 Å². The van der Waals surface area contributed by atoms with Crippen LogP contribution in [0.4, 0.5) is 15.8 Å². The minimum absolute atomic E-state index is 0.0902. The molecule has 4 atom stereocenters. The number of benzene rings is 3. The molecule has 0 saturated carbocycles. The molecule has 0 aliphatic carbocycles. The van der Waals surface area contributed by atoms with E-state index in [0.717, 1.165) is 0 Å². The number of carbonyl (C=O) groups is 3. The molecule has 3 aromatic carbocycles. The van der Waals surface area contributed by atoms with Gasteiger partial charge in [-0.15, -0.1) is 0 Å². The highest BCUT2D eigenvalue weighted by atomic mass is 35.5. The van der Waals surface area contributed by atoms with Gasteiger partial charge in [-0.3, -0.25) is 14.5 Å². The first kappa shape index (κ1) is 28.6. The summed E-state index contributed by atoms with van der Waals surface area (Å²) in [4.78, 5) is 44.2. The lowest BCUT2D eigenvalue weighted by Gasteiger charge is -2.43. The Hall–Kier alpha value is -3.46. The third kappa shape index (κ3) is 4.31. The number of aromatic carboxylic acids is 1. The predicted octanol–water partition coefficient (Wildman–Crippen LogP) is 6.55. The lowest BCUT2D eigenvalue weighted by molar-refractivity contribution is -0.128. The molecule has 1 spiro atoms. The topological polar surface area (TPSA) is 90.0 Å². The molecule has 2 fully saturated rings. The molecule has 2 amide bonds. The number of fused-ring (bicyclic) bond motifs is 3. The Kier molecular flexibility index (Phi) is 6.87. The molecular formula is C32H30Cl2FN3O4. The number of rotatable bonds is 4. The van der Waals surface area contributed by atoms with E-state index in [-0.39, 0.29) is 39.4 Å². The second kappa shape index (κ2) is 10.1. The molecule has 218 valence electrons. The zero-order valence-corrected chi connectivity index (χ0v) is 24.8. The Morgan fingerprint density at radius 3 is 2.48 bits per heavy atom. The standard InChI is InChI=1S/C32H30Cl2FN3O4/c1-31(2,3)16-38-24-13-14-37(19-10-7-17(8-11-19)29(40)41)28(39)25(24)26(20-5-4-6-22(34)27(20)35)32(38)21-12-9-18(33)15-23(21)36-30(32)42/h4-12,15,24-26H,13-14,16H2,1-3H3,(H,36,42)(H,40,41)/t24-,25+,26-,32+/m0/s1. The van der Waals surface area contributed by atoms with Gasteiger partial charge in [-0.2, -0.15) is 0 Å². The van der Waals surface area contributed by atoms with E-state index in [0.29, 0.717) is 41.5 Å². The molecule has 0 unspecified atom stereocenters. The Labute approximate surface area is 253 Å². The average Bonchev–Trinajstić information content (AvgIpc) is 3.37. The summed E-state index contributed by atoms with van der Waals surface area (Å²) in [7, 11) is 0. The first-order chi connectivity index (χ1) is 19.8. The minimum atomic E-state index is -1.41. The van der Waals surface area contributed by atoms with Gasteiger partial charge in [0.2, 0.25) is 11.8 Å². The molecule has 2 N–H and O–H groups in total. The summed E-state index contributed by atoms with van der Waals surface area (Å²) in [5.41, 5.74) is 0.336. The molecule has 3 aromatic rings. The first-order valence-corrected chi connectivity index (χ1v) is 14.6. The van der Waals surface area contributed by atoms with Crippen LogP contribution in [0.15, 0.2) is 60.7 Å². The van der Waals surface area contributed by atoms with E-state index in [1.54, 1.807) is 47.4 Å². The van der Waals surface area contributed by atoms with E-state index >= 15 is 4.39 Å². The lowest BCUT2D eigenvalue weighted by Crippen LogP contribution is -2.55. The maximum absolute atomic E-state index is 16.1. The number of piperidine rings is 1. The smallest absolute Gasteiger partial charge is 0.335 e. The van der Waals surface area contributed by atoms with Crippen LogP contribution in [0.2, 0.25) is 10.0 Å². The largest absolute Gasteiger partial charge is 0.478 e. The van der Waals surface area contributed by atoms with Gasteiger partial charge in [-0.1, -0.05) is 62.2 Å². The van der Waals surface area contributed by atoms with Crippen LogP contribution >= 0.6 is 23.2 Å². The number of carboxylic acid groups (broad SMARTS) is 1. The van der Waals surface area contributed by atoms with Gasteiger partial charge in [0.1, 0.15) is 11.4 Å². The second-order valence-corrected chi connectivity index (χ2v) is 13.3. The Balaban J connectivity index is 1.59. The van der Waals surface area contributed by atoms with Gasteiger partial charge >= 0.3 is 5.97 Å². The summed E-state index contributed by atoms with van der Waals surface area (Å²) >= 11 is 12.6. The van der Waals surface area contributed by atoms with Gasteiger partial charge in [-0.05, 0) is 59.9 Å². The Morgan fingerprint density at radius 1 is 1.10 bits per heavy atom. The van der Waals surface area contributed by atoms with E-state index in [9.17, 15) is 19.5 Å². The molecule has 0 aromatic heterocycles. The van der Waals surface area contributed by atoms with Crippen molar-refractivity contribution in [1.82, 2.24) is 4.90 Å². The monoisotopic (exact) mass is 609 g/mol. The highest BCUT2D eigenvalue weighted by Gasteiger charge is 2.70. The molecule has 0 bridgehead atoms. The summed E-state index contributed by atoms with van der Waals surface area (Å²) < 4.78 is 16.1. The molecular weight excluding hydrogens is 580 g/mol. The van der Waals surface area contributed by atoms with Crippen LogP contribution in [0.25, 0.3) is 0 Å². The van der Waals surface area contributed by atoms with E-state index < -0.39 is 29.2 Å². The zero-order chi connectivity index (χ0) is 30.1. The van der Waals surface area contributed by atoms with Gasteiger partial charge in [-0.25, -0.2) is 9.18 Å². The van der Waals surface area contributed by atoms with Crippen molar-refractivity contribution in [3.8, 4) is 0 Å². The van der Waals surface area contributed by atoms with Crippen molar-refractivity contribution in [1.29, 1.82) is 0 Å². The minimum Gasteiger partial charge on any atom is -0.478 e. The molecule has 7 nitrogen and oxygen atoms in total. The number of carboxylic acids is 1.